The number of hydrogen-bond acceptors (Lipinski definition) is 3. The van der Waals surface area contributed by atoms with E-state index in [0.717, 1.165) is 7.11 Å². The lowest BCUT2D eigenvalue weighted by molar-refractivity contribution is -0.155. The largest absolute Gasteiger partial charge is 0.481 e. The van der Waals surface area contributed by atoms with E-state index in [1.807, 2.05) is 0 Å². The molecule has 4 nitrogen and oxygen atoms in total. The van der Waals surface area contributed by atoms with E-state index >= 15 is 0 Å². The predicted molar refractivity (Wildman–Crippen MR) is 28.8 cm³/mol. The van der Waals surface area contributed by atoms with Crippen molar-refractivity contribution < 1.29 is 19.4 Å². The van der Waals surface area contributed by atoms with Crippen molar-refractivity contribution in [3.8, 4) is 0 Å². The third-order valence-electron chi connectivity index (χ3n) is 0.925. The van der Waals surface area contributed by atoms with E-state index in [0.29, 0.717) is 0 Å². The maximum atomic E-state index is 10.4. The van der Waals surface area contributed by atoms with Crippen LogP contribution in [0.1, 0.15) is 6.92 Å². The molecule has 0 fully saturated rings. The number of carbonyl (C=O) groups excluding carboxylic acids is 1. The number of carbonyl (C=O) groups is 2. The zero-order valence-corrected chi connectivity index (χ0v) is 5.25. The van der Waals surface area contributed by atoms with Gasteiger partial charge in [0.1, 0.15) is 0 Å². The molecular weight excluding hydrogens is 124 g/mol. The summed E-state index contributed by atoms with van der Waals surface area (Å²) in [7, 11) is 1.15. The second-order valence-corrected chi connectivity index (χ2v) is 1.58. The Morgan fingerprint density at radius 1 is 1.56 bits per heavy atom. The van der Waals surface area contributed by atoms with Gasteiger partial charge in [0.2, 0.25) is 0 Å². The number of aliphatic carboxylic acids is 1. The number of esters is 1. The minimum absolute atomic E-state index is 0.720. The quantitative estimate of drug-likeness (QED) is 0.420. The fourth-order valence-corrected chi connectivity index (χ4v) is 0.278. The van der Waals surface area contributed by atoms with Gasteiger partial charge in [-0.25, -0.2) is 0 Å². The lowest BCUT2D eigenvalue weighted by Gasteiger charge is -2.00. The number of hydrogen-bond donors (Lipinski definition) is 1. The van der Waals surface area contributed by atoms with Gasteiger partial charge in [0.25, 0.3) is 0 Å². The highest BCUT2D eigenvalue weighted by molar-refractivity contribution is 5.93. The Bertz CT molecular complexity index is 129. The fourth-order valence-electron chi connectivity index (χ4n) is 0.278. The second-order valence-electron chi connectivity index (χ2n) is 1.58. The molecule has 0 aromatic heterocycles. The summed E-state index contributed by atoms with van der Waals surface area (Å²) in [4.78, 5) is 20.3. The summed E-state index contributed by atoms with van der Waals surface area (Å²) in [6.45, 7) is 1.27. The van der Waals surface area contributed by atoms with Crippen LogP contribution in [0.2, 0.25) is 0 Å². The molecule has 0 heterocycles. The zero-order chi connectivity index (χ0) is 7.44. The molecule has 52 valence electrons. The molecule has 0 saturated carbocycles. The molecular formula is C5H8O4. The molecule has 4 heteroatoms. The first kappa shape index (κ1) is 7.94. The molecule has 1 atom stereocenters. The van der Waals surface area contributed by atoms with Gasteiger partial charge in [0.15, 0.2) is 5.92 Å². The van der Waals surface area contributed by atoms with Crippen molar-refractivity contribution in [2.24, 2.45) is 5.92 Å². The molecule has 0 spiro atoms. The molecule has 0 bridgehead atoms. The van der Waals surface area contributed by atoms with Gasteiger partial charge in [-0.15, -0.1) is 0 Å². The highest BCUT2D eigenvalue weighted by atomic mass is 16.5. The summed E-state index contributed by atoms with van der Waals surface area (Å²) in [5.74, 6) is -2.95. The molecule has 9 heavy (non-hydrogen) atoms. The van der Waals surface area contributed by atoms with E-state index in [9.17, 15) is 9.59 Å². The average Bonchev–Trinajstić information content (AvgIpc) is 1.84. The van der Waals surface area contributed by atoms with Gasteiger partial charge < -0.3 is 9.84 Å². The van der Waals surface area contributed by atoms with Crippen LogP contribution < -0.4 is 0 Å². The molecule has 0 amide bonds. The first-order chi connectivity index (χ1) is 4.09. The molecule has 0 aliphatic rings. The highest BCUT2D eigenvalue weighted by Gasteiger charge is 2.20. The van der Waals surface area contributed by atoms with E-state index in [2.05, 4.69) is 4.74 Å². The van der Waals surface area contributed by atoms with Crippen molar-refractivity contribution in [2.45, 2.75) is 6.92 Å². The van der Waals surface area contributed by atoms with Gasteiger partial charge in [0, 0.05) is 0 Å². The van der Waals surface area contributed by atoms with Crippen molar-refractivity contribution in [3.05, 3.63) is 0 Å². The van der Waals surface area contributed by atoms with Gasteiger partial charge in [0.05, 0.1) is 7.11 Å². The van der Waals surface area contributed by atoms with E-state index in [1.165, 1.54) is 6.92 Å². The van der Waals surface area contributed by atoms with Gasteiger partial charge in [-0.2, -0.15) is 0 Å². The van der Waals surface area contributed by atoms with Crippen molar-refractivity contribution in [2.75, 3.05) is 7.11 Å². The Morgan fingerprint density at radius 3 is 2.11 bits per heavy atom. The number of methoxy groups -OCH3 is 1. The van der Waals surface area contributed by atoms with Crippen LogP contribution in [0.4, 0.5) is 0 Å². The fraction of sp³-hybridized carbons (Fsp3) is 0.600. The Kier molecular flexibility index (Phi) is 2.70. The highest BCUT2D eigenvalue weighted by Crippen LogP contribution is 1.95. The third kappa shape index (κ3) is 2.12. The van der Waals surface area contributed by atoms with Crippen LogP contribution in [0, 0.1) is 5.92 Å². The smallest absolute Gasteiger partial charge is 0.319 e. The lowest BCUT2D eigenvalue weighted by atomic mass is 10.2. The molecule has 0 saturated heterocycles. The van der Waals surface area contributed by atoms with E-state index < -0.39 is 17.9 Å². The minimum atomic E-state index is -1.16. The van der Waals surface area contributed by atoms with Crippen molar-refractivity contribution in [1.29, 1.82) is 0 Å². The van der Waals surface area contributed by atoms with Gasteiger partial charge in [-0.05, 0) is 6.92 Å². The summed E-state index contributed by atoms with van der Waals surface area (Å²) in [6, 6.07) is 0. The first-order valence-corrected chi connectivity index (χ1v) is 2.40. The predicted octanol–water partition coefficient (Wildman–Crippen LogP) is -0.120. The van der Waals surface area contributed by atoms with Gasteiger partial charge in [-0.1, -0.05) is 0 Å². The summed E-state index contributed by atoms with van der Waals surface area (Å²) in [5, 5.41) is 8.18. The van der Waals surface area contributed by atoms with Gasteiger partial charge in [-0.3, -0.25) is 9.59 Å². The molecule has 0 aromatic carbocycles. The molecule has 0 aliphatic heterocycles. The van der Waals surface area contributed by atoms with E-state index in [1.54, 1.807) is 0 Å². The van der Waals surface area contributed by atoms with Crippen molar-refractivity contribution >= 4 is 11.9 Å². The monoisotopic (exact) mass is 132 g/mol. The molecule has 0 aromatic rings. The van der Waals surface area contributed by atoms with Crippen LogP contribution in [0.15, 0.2) is 0 Å². The molecule has 1 N–H and O–H groups in total. The van der Waals surface area contributed by atoms with Crippen LogP contribution >= 0.6 is 0 Å². The summed E-state index contributed by atoms with van der Waals surface area (Å²) >= 11 is 0. The second kappa shape index (κ2) is 3.06. The first-order valence-electron chi connectivity index (χ1n) is 2.40. The van der Waals surface area contributed by atoms with Gasteiger partial charge >= 0.3 is 11.9 Å². The Labute approximate surface area is 52.4 Å². The Balaban J connectivity index is 3.88. The SMILES string of the molecule is COC(=O)[C@@H](C)C(=O)O. The molecule has 0 radical (unpaired) electrons. The maximum absolute atomic E-state index is 10.4. The van der Waals surface area contributed by atoms with Crippen LogP contribution in [-0.2, 0) is 14.3 Å². The summed E-state index contributed by atoms with van der Waals surface area (Å²) in [6.07, 6.45) is 0. The average molecular weight is 132 g/mol. The molecule has 0 unspecified atom stereocenters. The van der Waals surface area contributed by atoms with Crippen molar-refractivity contribution in [3.63, 3.8) is 0 Å². The molecule has 0 aliphatic carbocycles. The summed E-state index contributed by atoms with van der Waals surface area (Å²) in [5.41, 5.74) is 0. The maximum Gasteiger partial charge on any atom is 0.319 e. The lowest BCUT2D eigenvalue weighted by Crippen LogP contribution is -2.21. The van der Waals surface area contributed by atoms with Crippen molar-refractivity contribution in [1.82, 2.24) is 0 Å². The van der Waals surface area contributed by atoms with E-state index in [-0.39, 0.29) is 0 Å². The minimum Gasteiger partial charge on any atom is -0.481 e. The Hall–Kier alpha value is -1.06. The number of carboxylic acids is 1. The third-order valence-corrected chi connectivity index (χ3v) is 0.925. The molecule has 0 rings (SSSR count). The van der Waals surface area contributed by atoms with Crippen LogP contribution in [0.3, 0.4) is 0 Å². The number of carboxylic acid groups (broad SMARTS) is 1. The topological polar surface area (TPSA) is 63.6 Å². The number of rotatable bonds is 2. The number of ether oxygens (including phenoxy) is 1. The van der Waals surface area contributed by atoms with E-state index in [4.69, 9.17) is 5.11 Å². The zero-order valence-electron chi connectivity index (χ0n) is 5.25. The normalized spacial score (nSPS) is 12.2. The van der Waals surface area contributed by atoms with Crippen LogP contribution in [-0.4, -0.2) is 24.2 Å². The summed E-state index contributed by atoms with van der Waals surface area (Å²) < 4.78 is 4.15. The standard InChI is InChI=1S/C5H8O4/c1-3(4(6)7)5(8)9-2/h3H,1-2H3,(H,6,7)/t3-/m0/s1. The van der Waals surface area contributed by atoms with Crippen LogP contribution in [0.25, 0.3) is 0 Å². The van der Waals surface area contributed by atoms with Crippen LogP contribution in [0.5, 0.6) is 0 Å². The Morgan fingerprint density at radius 2 is 2.00 bits per heavy atom.